The number of carbonyl (C=O) groups is 1. The van der Waals surface area contributed by atoms with E-state index in [4.69, 9.17) is 0 Å². The molecule has 6 rings (SSSR count). The molecule has 7 nitrogen and oxygen atoms in total. The number of carbonyl (C=O) groups excluding carboxylic acids is 1. The van der Waals surface area contributed by atoms with E-state index < -0.39 is 0 Å². The van der Waals surface area contributed by atoms with Crippen LogP contribution < -0.4 is 4.90 Å². The highest BCUT2D eigenvalue weighted by atomic mass is 16.2. The van der Waals surface area contributed by atoms with E-state index in [1.54, 1.807) is 0 Å². The van der Waals surface area contributed by atoms with E-state index in [0.29, 0.717) is 11.6 Å². The van der Waals surface area contributed by atoms with Gasteiger partial charge in [-0.3, -0.25) is 9.69 Å². The van der Waals surface area contributed by atoms with Crippen molar-refractivity contribution in [1.29, 1.82) is 5.26 Å². The molecule has 1 saturated carbocycles. The van der Waals surface area contributed by atoms with Gasteiger partial charge in [0.25, 0.3) is 5.91 Å². The molecular weight excluding hydrogens is 520 g/mol. The molecule has 7 heteroatoms. The molecule has 3 heterocycles. The van der Waals surface area contributed by atoms with E-state index in [9.17, 15) is 10.1 Å². The van der Waals surface area contributed by atoms with E-state index in [-0.39, 0.29) is 16.9 Å². The second-order valence-corrected chi connectivity index (χ2v) is 12.8. The van der Waals surface area contributed by atoms with Gasteiger partial charge in [0, 0.05) is 50.0 Å². The van der Waals surface area contributed by atoms with Gasteiger partial charge in [0.05, 0.1) is 28.4 Å². The van der Waals surface area contributed by atoms with Gasteiger partial charge in [-0.05, 0) is 82.6 Å². The zero-order valence-electron chi connectivity index (χ0n) is 25.2. The van der Waals surface area contributed by atoms with Crippen molar-refractivity contribution >= 4 is 11.6 Å². The van der Waals surface area contributed by atoms with E-state index in [1.807, 2.05) is 18.7 Å². The maximum Gasteiger partial charge on any atom is 0.257 e. The van der Waals surface area contributed by atoms with Gasteiger partial charge >= 0.3 is 0 Å². The molecule has 42 heavy (non-hydrogen) atoms. The fraction of sp³-hybridized carbons (Fsp3) is 0.486. The Morgan fingerprint density at radius 3 is 2.12 bits per heavy atom. The molecule has 3 aliphatic rings. The Kier molecular flexibility index (Phi) is 7.76. The molecule has 218 valence electrons. The smallest absolute Gasteiger partial charge is 0.257 e. The third-order valence-corrected chi connectivity index (χ3v) is 10.1. The van der Waals surface area contributed by atoms with Crippen molar-refractivity contribution in [3.63, 3.8) is 0 Å². The number of anilines is 1. The monoisotopic (exact) mass is 562 g/mol. The Morgan fingerprint density at radius 2 is 1.55 bits per heavy atom. The van der Waals surface area contributed by atoms with Gasteiger partial charge in [0.15, 0.2) is 0 Å². The van der Waals surface area contributed by atoms with Crippen LogP contribution in [0.25, 0.3) is 0 Å². The lowest BCUT2D eigenvalue weighted by atomic mass is 9.85. The zero-order chi connectivity index (χ0) is 29.3. The van der Waals surface area contributed by atoms with E-state index >= 15 is 0 Å². The van der Waals surface area contributed by atoms with E-state index in [1.165, 1.54) is 17.6 Å². The van der Waals surface area contributed by atoms with Crippen LogP contribution in [-0.2, 0) is 12.0 Å². The van der Waals surface area contributed by atoms with Gasteiger partial charge < -0.3 is 9.80 Å². The molecule has 0 radical (unpaired) electrons. The molecule has 0 unspecified atom stereocenters. The molecule has 3 fully saturated rings. The number of aromatic nitrogens is 2. The average Bonchev–Trinajstić information content (AvgIpc) is 3.82. The number of rotatable bonds is 7. The van der Waals surface area contributed by atoms with Crippen molar-refractivity contribution in [3.05, 3.63) is 89.0 Å². The Hall–Kier alpha value is -3.76. The summed E-state index contributed by atoms with van der Waals surface area (Å²) in [5.74, 6) is 0.0660. The third kappa shape index (κ3) is 5.53. The predicted molar refractivity (Wildman–Crippen MR) is 165 cm³/mol. The predicted octanol–water partition coefficient (Wildman–Crippen LogP) is 5.81. The molecule has 0 bridgehead atoms. The Morgan fingerprint density at radius 1 is 0.929 bits per heavy atom. The van der Waals surface area contributed by atoms with Crippen molar-refractivity contribution in [2.45, 2.75) is 82.8 Å². The largest absolute Gasteiger partial charge is 0.364 e. The van der Waals surface area contributed by atoms with Crippen molar-refractivity contribution in [2.75, 3.05) is 31.1 Å². The minimum Gasteiger partial charge on any atom is -0.364 e. The number of benzene rings is 2. The topological polar surface area (TPSA) is 76.4 Å². The minimum absolute atomic E-state index is 0.0660. The summed E-state index contributed by atoms with van der Waals surface area (Å²) in [5.41, 5.74) is 5.74. The van der Waals surface area contributed by atoms with Crippen molar-refractivity contribution in [3.8, 4) is 6.07 Å². The van der Waals surface area contributed by atoms with Crippen LogP contribution in [-0.4, -0.2) is 63.4 Å². The molecule has 0 N–H and O–H groups in total. The zero-order valence-corrected chi connectivity index (χ0v) is 25.2. The molecule has 1 amide bonds. The molecule has 2 saturated heterocycles. The fourth-order valence-electron chi connectivity index (χ4n) is 7.06. The Bertz CT molecular complexity index is 1420. The molecule has 2 aromatic carbocycles. The lowest BCUT2D eigenvalue weighted by Gasteiger charge is -2.50. The van der Waals surface area contributed by atoms with Gasteiger partial charge in [-0.1, -0.05) is 42.5 Å². The maximum absolute atomic E-state index is 13.3. The van der Waals surface area contributed by atoms with E-state index in [0.717, 1.165) is 88.2 Å². The molecule has 0 spiro atoms. The van der Waals surface area contributed by atoms with Crippen LogP contribution in [0.4, 0.5) is 5.69 Å². The van der Waals surface area contributed by atoms with Gasteiger partial charge in [0.2, 0.25) is 0 Å². The average molecular weight is 563 g/mol. The second-order valence-electron chi connectivity index (χ2n) is 12.8. The molecule has 2 aliphatic heterocycles. The van der Waals surface area contributed by atoms with Gasteiger partial charge in [0.1, 0.15) is 6.33 Å². The first kappa shape index (κ1) is 28.4. The highest BCUT2D eigenvalue weighted by Crippen LogP contribution is 2.48. The quantitative estimate of drug-likeness (QED) is 0.362. The summed E-state index contributed by atoms with van der Waals surface area (Å²) < 4.78 is 0. The van der Waals surface area contributed by atoms with Crippen molar-refractivity contribution < 1.29 is 4.79 Å². The van der Waals surface area contributed by atoms with Gasteiger partial charge in [-0.25, -0.2) is 9.97 Å². The molecular formula is C35H42N6O. The van der Waals surface area contributed by atoms with Crippen molar-refractivity contribution in [2.24, 2.45) is 0 Å². The molecule has 0 atom stereocenters. The summed E-state index contributed by atoms with van der Waals surface area (Å²) in [6.07, 6.45) is 7.64. The van der Waals surface area contributed by atoms with Crippen LogP contribution >= 0.6 is 0 Å². The normalized spacial score (nSPS) is 20.1. The first-order valence-corrected chi connectivity index (χ1v) is 15.5. The SMILES string of the molecule is Cc1ncnc(C)c1C(=O)N1CCC(C)(N2CCC(N(Cc3ccccc3)c3ccc(C4(C#N)CC4)cc3)CC2)CC1. The van der Waals surface area contributed by atoms with Gasteiger partial charge in [-0.2, -0.15) is 5.26 Å². The summed E-state index contributed by atoms with van der Waals surface area (Å²) in [6.45, 7) is 10.7. The number of aryl methyl sites for hydroxylation is 2. The first-order valence-electron chi connectivity index (χ1n) is 15.5. The number of hydrogen-bond acceptors (Lipinski definition) is 6. The van der Waals surface area contributed by atoms with Crippen LogP contribution in [0.3, 0.4) is 0 Å². The fourth-order valence-corrected chi connectivity index (χ4v) is 7.06. The second kappa shape index (κ2) is 11.5. The Labute approximate surface area is 250 Å². The Balaban J connectivity index is 1.11. The van der Waals surface area contributed by atoms with Crippen LogP contribution in [0, 0.1) is 25.2 Å². The lowest BCUT2D eigenvalue weighted by Crippen LogP contribution is -2.58. The number of likely N-dealkylation sites (tertiary alicyclic amines) is 2. The number of amides is 1. The summed E-state index contributed by atoms with van der Waals surface area (Å²) in [5, 5.41) is 9.67. The molecule has 3 aromatic rings. The summed E-state index contributed by atoms with van der Waals surface area (Å²) in [7, 11) is 0. The van der Waals surface area contributed by atoms with Crippen LogP contribution in [0.2, 0.25) is 0 Å². The van der Waals surface area contributed by atoms with Crippen LogP contribution in [0.1, 0.15) is 78.3 Å². The highest BCUT2D eigenvalue weighted by molar-refractivity contribution is 5.96. The van der Waals surface area contributed by atoms with E-state index in [2.05, 4.69) is 87.4 Å². The standard InChI is InChI=1S/C35H42N6O/c1-26-32(27(2)38-25-37-26)33(42)39-21-17-34(3,18-22-39)40-19-13-31(14-20-40)41(23-28-7-5-4-6-8-28)30-11-9-29(10-12-30)35(24-36)15-16-35/h4-12,25,31H,13-23H2,1-3H3. The molecule has 1 aromatic heterocycles. The van der Waals surface area contributed by atoms with Crippen LogP contribution in [0.5, 0.6) is 0 Å². The minimum atomic E-state index is -0.254. The number of nitriles is 1. The molecule has 1 aliphatic carbocycles. The number of hydrogen-bond donors (Lipinski definition) is 0. The van der Waals surface area contributed by atoms with Crippen molar-refractivity contribution in [1.82, 2.24) is 19.8 Å². The third-order valence-electron chi connectivity index (χ3n) is 10.1. The summed E-state index contributed by atoms with van der Waals surface area (Å²) in [4.78, 5) is 29.1. The first-order chi connectivity index (χ1) is 20.3. The number of piperidine rings is 2. The highest BCUT2D eigenvalue weighted by Gasteiger charge is 2.45. The number of nitrogens with zero attached hydrogens (tertiary/aromatic N) is 6. The maximum atomic E-state index is 13.3. The van der Waals surface area contributed by atoms with Gasteiger partial charge in [-0.15, -0.1) is 0 Å². The summed E-state index contributed by atoms with van der Waals surface area (Å²) >= 11 is 0. The lowest BCUT2D eigenvalue weighted by molar-refractivity contribution is 0.0170. The van der Waals surface area contributed by atoms with Crippen LogP contribution in [0.15, 0.2) is 60.9 Å². The summed E-state index contributed by atoms with van der Waals surface area (Å²) in [6, 6.07) is 22.6.